The van der Waals surface area contributed by atoms with Gasteiger partial charge in [0.05, 0.1) is 0 Å². The van der Waals surface area contributed by atoms with Gasteiger partial charge in [-0.1, -0.05) is 17.7 Å². The van der Waals surface area contributed by atoms with Crippen molar-refractivity contribution in [2.75, 3.05) is 27.2 Å². The van der Waals surface area contributed by atoms with E-state index in [1.54, 1.807) is 0 Å². The Morgan fingerprint density at radius 3 is 2.89 bits per heavy atom. The zero-order valence-corrected chi connectivity index (χ0v) is 11.2. The van der Waals surface area contributed by atoms with Gasteiger partial charge in [-0.3, -0.25) is 4.79 Å². The molecule has 0 radical (unpaired) electrons. The van der Waals surface area contributed by atoms with E-state index in [0.717, 1.165) is 17.4 Å². The topological polar surface area (TPSA) is 48.1 Å². The summed E-state index contributed by atoms with van der Waals surface area (Å²) in [5.41, 5.74) is 1.44. The summed E-state index contributed by atoms with van der Waals surface area (Å²) in [5.74, 6) is -0.0934. The predicted molar refractivity (Wildman–Crippen MR) is 74.2 cm³/mol. The van der Waals surface area contributed by atoms with Gasteiger partial charge >= 0.3 is 0 Å². The van der Waals surface area contributed by atoms with Gasteiger partial charge in [-0.15, -0.1) is 0 Å². The highest BCUT2D eigenvalue weighted by atomic mass is 35.5. The van der Waals surface area contributed by atoms with E-state index in [4.69, 9.17) is 11.6 Å². The fraction of sp³-hybridized carbons (Fsp3) is 0.308. The van der Waals surface area contributed by atoms with Crippen LogP contribution in [0, 0.1) is 0 Å². The van der Waals surface area contributed by atoms with Crippen molar-refractivity contribution in [3.8, 4) is 0 Å². The number of amides is 1. The van der Waals surface area contributed by atoms with Gasteiger partial charge in [-0.05, 0) is 32.3 Å². The van der Waals surface area contributed by atoms with E-state index in [-0.39, 0.29) is 5.91 Å². The van der Waals surface area contributed by atoms with Crippen molar-refractivity contribution < 1.29 is 4.79 Å². The minimum absolute atomic E-state index is 0.0934. The molecular formula is C13H16ClN3O. The second-order valence-corrected chi connectivity index (χ2v) is 4.91. The molecule has 0 aliphatic carbocycles. The molecule has 2 aromatic rings. The summed E-state index contributed by atoms with van der Waals surface area (Å²) in [7, 11) is 3.94. The fourth-order valence-corrected chi connectivity index (χ4v) is 1.88. The van der Waals surface area contributed by atoms with Crippen LogP contribution in [0.2, 0.25) is 5.02 Å². The average Bonchev–Trinajstić information content (AvgIpc) is 2.71. The molecule has 0 unspecified atom stereocenters. The van der Waals surface area contributed by atoms with Gasteiger partial charge in [0.15, 0.2) is 0 Å². The summed E-state index contributed by atoms with van der Waals surface area (Å²) in [6.45, 7) is 1.44. The van der Waals surface area contributed by atoms with Crippen molar-refractivity contribution in [2.24, 2.45) is 0 Å². The van der Waals surface area contributed by atoms with Crippen molar-refractivity contribution in [1.29, 1.82) is 0 Å². The highest BCUT2D eigenvalue weighted by Gasteiger charge is 2.09. The Labute approximate surface area is 111 Å². The number of nitrogens with zero attached hydrogens (tertiary/aromatic N) is 1. The zero-order valence-electron chi connectivity index (χ0n) is 10.5. The van der Waals surface area contributed by atoms with E-state index in [1.165, 1.54) is 0 Å². The van der Waals surface area contributed by atoms with E-state index in [9.17, 15) is 4.79 Å². The summed E-state index contributed by atoms with van der Waals surface area (Å²) >= 11 is 5.90. The third-order valence-corrected chi connectivity index (χ3v) is 2.91. The number of hydrogen-bond donors (Lipinski definition) is 2. The number of nitrogens with one attached hydrogen (secondary N) is 2. The molecule has 0 atom stereocenters. The van der Waals surface area contributed by atoms with Crippen LogP contribution < -0.4 is 5.32 Å². The number of fused-ring (bicyclic) bond motifs is 1. The maximum absolute atomic E-state index is 11.9. The number of hydrogen-bond acceptors (Lipinski definition) is 2. The Morgan fingerprint density at radius 2 is 2.17 bits per heavy atom. The highest BCUT2D eigenvalue weighted by Crippen LogP contribution is 2.19. The molecule has 1 aromatic heterocycles. The van der Waals surface area contributed by atoms with Gasteiger partial charge in [0, 0.05) is 29.0 Å². The lowest BCUT2D eigenvalue weighted by Crippen LogP contribution is -2.31. The largest absolute Gasteiger partial charge is 0.350 e. The number of aromatic nitrogens is 1. The molecule has 0 fully saturated rings. The number of halogens is 1. The molecule has 0 saturated heterocycles. The van der Waals surface area contributed by atoms with E-state index >= 15 is 0 Å². The van der Waals surface area contributed by atoms with Crippen LogP contribution in [0.5, 0.6) is 0 Å². The van der Waals surface area contributed by atoms with Crippen molar-refractivity contribution >= 4 is 28.4 Å². The summed E-state index contributed by atoms with van der Waals surface area (Å²) < 4.78 is 0. The Kier molecular flexibility index (Phi) is 3.89. The first-order valence-electron chi connectivity index (χ1n) is 5.77. The van der Waals surface area contributed by atoms with Crippen LogP contribution in [0.1, 0.15) is 10.5 Å². The van der Waals surface area contributed by atoms with Crippen LogP contribution in [-0.2, 0) is 0 Å². The molecule has 2 N–H and O–H groups in total. The lowest BCUT2D eigenvalue weighted by molar-refractivity contribution is 0.0947. The van der Waals surface area contributed by atoms with Gasteiger partial charge in [0.25, 0.3) is 5.91 Å². The van der Waals surface area contributed by atoms with E-state index in [2.05, 4.69) is 10.3 Å². The number of likely N-dealkylation sites (N-methyl/N-ethyl adjacent to an activating group) is 1. The number of carbonyl (C=O) groups excluding carboxylic acids is 1. The van der Waals surface area contributed by atoms with Crippen LogP contribution in [0.4, 0.5) is 0 Å². The van der Waals surface area contributed by atoms with Gasteiger partial charge in [-0.2, -0.15) is 0 Å². The lowest BCUT2D eigenvalue weighted by atomic mass is 10.2. The van der Waals surface area contributed by atoms with Crippen LogP contribution in [-0.4, -0.2) is 43.0 Å². The molecule has 0 bridgehead atoms. The molecule has 2 rings (SSSR count). The maximum atomic E-state index is 11.9. The average molecular weight is 266 g/mol. The smallest absolute Gasteiger partial charge is 0.267 e. The molecule has 1 aromatic carbocycles. The first-order chi connectivity index (χ1) is 8.56. The van der Waals surface area contributed by atoms with Crippen molar-refractivity contribution in [3.63, 3.8) is 0 Å². The fourth-order valence-electron chi connectivity index (χ4n) is 1.71. The molecule has 0 spiro atoms. The predicted octanol–water partition coefficient (Wildman–Crippen LogP) is 2.11. The number of H-pyrrole nitrogens is 1. The molecule has 1 heterocycles. The molecule has 18 heavy (non-hydrogen) atoms. The van der Waals surface area contributed by atoms with Gasteiger partial charge in [-0.25, -0.2) is 0 Å². The van der Waals surface area contributed by atoms with Crippen LogP contribution >= 0.6 is 11.6 Å². The number of aromatic amines is 1. The van der Waals surface area contributed by atoms with E-state index in [0.29, 0.717) is 17.3 Å². The van der Waals surface area contributed by atoms with Gasteiger partial charge in [0.2, 0.25) is 0 Å². The Morgan fingerprint density at radius 1 is 1.39 bits per heavy atom. The first-order valence-corrected chi connectivity index (χ1v) is 6.15. The van der Waals surface area contributed by atoms with Crippen molar-refractivity contribution in [2.45, 2.75) is 0 Å². The SMILES string of the molecule is CN(C)CCNC(=O)c1cc2ccc(Cl)cc2[nH]1. The normalized spacial score (nSPS) is 11.1. The quantitative estimate of drug-likeness (QED) is 0.890. The third kappa shape index (κ3) is 3.03. The monoisotopic (exact) mass is 265 g/mol. The van der Waals surface area contributed by atoms with E-state index < -0.39 is 0 Å². The highest BCUT2D eigenvalue weighted by molar-refractivity contribution is 6.31. The molecule has 0 saturated carbocycles. The van der Waals surface area contributed by atoms with Crippen LogP contribution in [0.25, 0.3) is 10.9 Å². The van der Waals surface area contributed by atoms with Crippen molar-refractivity contribution in [3.05, 3.63) is 35.0 Å². The molecule has 0 aliphatic heterocycles. The van der Waals surface area contributed by atoms with Crippen LogP contribution in [0.15, 0.2) is 24.3 Å². The Balaban J connectivity index is 2.08. The van der Waals surface area contributed by atoms with Crippen molar-refractivity contribution in [1.82, 2.24) is 15.2 Å². The summed E-state index contributed by atoms with van der Waals surface area (Å²) in [4.78, 5) is 17.0. The molecule has 5 heteroatoms. The summed E-state index contributed by atoms with van der Waals surface area (Å²) in [5, 5.41) is 4.50. The minimum Gasteiger partial charge on any atom is -0.350 e. The summed E-state index contributed by atoms with van der Waals surface area (Å²) in [6.07, 6.45) is 0. The molecular weight excluding hydrogens is 250 g/mol. The second-order valence-electron chi connectivity index (χ2n) is 4.47. The Hall–Kier alpha value is -1.52. The number of benzene rings is 1. The van der Waals surface area contributed by atoms with Gasteiger partial charge < -0.3 is 15.2 Å². The molecule has 0 aliphatic rings. The number of carbonyl (C=O) groups is 1. The molecule has 4 nitrogen and oxygen atoms in total. The molecule has 96 valence electrons. The maximum Gasteiger partial charge on any atom is 0.267 e. The first kappa shape index (κ1) is 12.9. The third-order valence-electron chi connectivity index (χ3n) is 2.67. The van der Waals surface area contributed by atoms with Gasteiger partial charge in [0.1, 0.15) is 5.69 Å². The summed E-state index contributed by atoms with van der Waals surface area (Å²) in [6, 6.07) is 7.35. The minimum atomic E-state index is -0.0934. The standard InChI is InChI=1S/C13H16ClN3O/c1-17(2)6-5-15-13(18)12-7-9-3-4-10(14)8-11(9)16-12/h3-4,7-8,16H,5-6H2,1-2H3,(H,15,18). The zero-order chi connectivity index (χ0) is 13.1. The number of rotatable bonds is 4. The van der Waals surface area contributed by atoms with E-state index in [1.807, 2.05) is 43.3 Å². The Bertz CT molecular complexity index is 562. The second kappa shape index (κ2) is 5.42. The lowest BCUT2D eigenvalue weighted by Gasteiger charge is -2.09. The molecule has 1 amide bonds. The van der Waals surface area contributed by atoms with Crippen LogP contribution in [0.3, 0.4) is 0 Å².